The van der Waals surface area contributed by atoms with Gasteiger partial charge in [0, 0.05) is 26.9 Å². The zero-order valence-corrected chi connectivity index (χ0v) is 13.7. The van der Waals surface area contributed by atoms with E-state index in [1.807, 2.05) is 0 Å². The van der Waals surface area contributed by atoms with Crippen molar-refractivity contribution in [2.45, 2.75) is 58.5 Å². The van der Waals surface area contributed by atoms with E-state index >= 15 is 0 Å². The van der Waals surface area contributed by atoms with E-state index in [1.54, 1.807) is 47.8 Å². The van der Waals surface area contributed by atoms with E-state index in [4.69, 9.17) is 14.2 Å². The third kappa shape index (κ3) is 3.66. The zero-order valence-electron chi connectivity index (χ0n) is 13.7. The van der Waals surface area contributed by atoms with Gasteiger partial charge >= 0.3 is 5.97 Å². The second-order valence-corrected chi connectivity index (χ2v) is 6.12. The molecule has 0 fully saturated rings. The molecular formula is C16H26O5. The second-order valence-electron chi connectivity index (χ2n) is 6.12. The summed E-state index contributed by atoms with van der Waals surface area (Å²) < 4.78 is 16.4. The average Bonchev–Trinajstić information content (AvgIpc) is 2.40. The number of ether oxygens (including phenoxy) is 3. The smallest absolute Gasteiger partial charge is 0.340 e. The molecule has 120 valence electrons. The lowest BCUT2D eigenvalue weighted by molar-refractivity contribution is -0.215. The Morgan fingerprint density at radius 1 is 1.48 bits per heavy atom. The van der Waals surface area contributed by atoms with Crippen molar-refractivity contribution in [2.24, 2.45) is 5.92 Å². The molecule has 1 heterocycles. The maximum atomic E-state index is 11.9. The second kappa shape index (κ2) is 6.20. The fourth-order valence-corrected chi connectivity index (χ4v) is 2.48. The van der Waals surface area contributed by atoms with Crippen LogP contribution in [0.4, 0.5) is 0 Å². The molecule has 0 amide bonds. The summed E-state index contributed by atoms with van der Waals surface area (Å²) in [6.07, 6.45) is 1.32. The molecule has 0 saturated heterocycles. The van der Waals surface area contributed by atoms with Gasteiger partial charge in [-0.15, -0.1) is 6.58 Å². The first-order chi connectivity index (χ1) is 9.58. The van der Waals surface area contributed by atoms with Crippen LogP contribution < -0.4 is 0 Å². The van der Waals surface area contributed by atoms with Gasteiger partial charge < -0.3 is 19.3 Å². The van der Waals surface area contributed by atoms with Gasteiger partial charge in [-0.2, -0.15) is 0 Å². The third-order valence-corrected chi connectivity index (χ3v) is 3.90. The molecule has 21 heavy (non-hydrogen) atoms. The molecule has 5 nitrogen and oxygen atoms in total. The van der Waals surface area contributed by atoms with E-state index in [0.29, 0.717) is 17.8 Å². The summed E-state index contributed by atoms with van der Waals surface area (Å²) in [6, 6.07) is 0. The number of methoxy groups -OCH3 is 1. The molecule has 0 aromatic carbocycles. The van der Waals surface area contributed by atoms with Crippen LogP contribution in [0.3, 0.4) is 0 Å². The highest BCUT2D eigenvalue weighted by molar-refractivity contribution is 5.89. The first-order valence-corrected chi connectivity index (χ1v) is 7.05. The number of cyclic esters (lactones) is 1. The highest BCUT2D eigenvalue weighted by atomic mass is 16.7. The van der Waals surface area contributed by atoms with Crippen molar-refractivity contribution < 1.29 is 24.1 Å². The Morgan fingerprint density at radius 3 is 2.52 bits per heavy atom. The number of rotatable bonds is 6. The van der Waals surface area contributed by atoms with Crippen LogP contribution in [0.2, 0.25) is 0 Å². The van der Waals surface area contributed by atoms with E-state index in [1.165, 1.54) is 0 Å². The molecule has 0 aromatic rings. The minimum absolute atomic E-state index is 0.373. The van der Waals surface area contributed by atoms with E-state index < -0.39 is 29.4 Å². The molecule has 1 rings (SSSR count). The van der Waals surface area contributed by atoms with Crippen molar-refractivity contribution in [3.05, 3.63) is 24.0 Å². The van der Waals surface area contributed by atoms with Gasteiger partial charge in [0.15, 0.2) is 0 Å². The molecule has 0 saturated carbocycles. The predicted molar refractivity (Wildman–Crippen MR) is 79.4 cm³/mol. The molecule has 1 aliphatic heterocycles. The maximum Gasteiger partial charge on any atom is 0.340 e. The van der Waals surface area contributed by atoms with Crippen LogP contribution in [0.25, 0.3) is 0 Å². The van der Waals surface area contributed by atoms with Gasteiger partial charge in [0.05, 0.1) is 17.3 Å². The Hall–Kier alpha value is -1.33. The Morgan fingerprint density at radius 2 is 2.05 bits per heavy atom. The van der Waals surface area contributed by atoms with Crippen molar-refractivity contribution in [1.82, 2.24) is 0 Å². The van der Waals surface area contributed by atoms with Gasteiger partial charge in [0.2, 0.25) is 5.79 Å². The van der Waals surface area contributed by atoms with E-state index in [2.05, 4.69) is 6.58 Å². The van der Waals surface area contributed by atoms with Crippen molar-refractivity contribution in [2.75, 3.05) is 7.11 Å². The van der Waals surface area contributed by atoms with E-state index in [9.17, 15) is 9.90 Å². The lowest BCUT2D eigenvalue weighted by Crippen LogP contribution is -2.47. The van der Waals surface area contributed by atoms with Crippen molar-refractivity contribution in [3.8, 4) is 0 Å². The Bertz CT molecular complexity index is 452. The number of carbonyl (C=O) groups excluding carboxylic acids is 1. The van der Waals surface area contributed by atoms with Gasteiger partial charge in [-0.25, -0.2) is 4.79 Å². The summed E-state index contributed by atoms with van der Waals surface area (Å²) in [5, 5.41) is 10.7. The molecule has 1 aliphatic rings. The third-order valence-electron chi connectivity index (χ3n) is 3.90. The van der Waals surface area contributed by atoms with E-state index in [0.717, 1.165) is 0 Å². The van der Waals surface area contributed by atoms with Gasteiger partial charge in [-0.05, 0) is 20.3 Å². The molecule has 0 bridgehead atoms. The molecule has 0 unspecified atom stereocenters. The van der Waals surface area contributed by atoms with Crippen LogP contribution in [0.5, 0.6) is 0 Å². The monoisotopic (exact) mass is 298 g/mol. The van der Waals surface area contributed by atoms with E-state index in [-0.39, 0.29) is 0 Å². The fraction of sp³-hybridized carbons (Fsp3) is 0.688. The standard InChI is InChI=1S/C16H26O5/c1-8-9-16(6,19-7)13(17)10(2)12-11(3)14(18)21-15(4,5)20-12/h8,10,13,17H,1,9H2,2-7H3/t10-,13+,16+/m0/s1. The predicted octanol–water partition coefficient (Wildman–Crippen LogP) is 2.55. The molecule has 3 atom stereocenters. The molecule has 0 aromatic heterocycles. The fourth-order valence-electron chi connectivity index (χ4n) is 2.48. The Kier molecular flexibility index (Phi) is 5.23. The first-order valence-electron chi connectivity index (χ1n) is 7.05. The van der Waals surface area contributed by atoms with Crippen LogP contribution >= 0.6 is 0 Å². The molecule has 0 spiro atoms. The molecular weight excluding hydrogens is 272 g/mol. The normalized spacial score (nSPS) is 23.7. The summed E-state index contributed by atoms with van der Waals surface area (Å²) in [6.45, 7) is 12.3. The summed E-state index contributed by atoms with van der Waals surface area (Å²) >= 11 is 0. The van der Waals surface area contributed by atoms with Crippen molar-refractivity contribution in [3.63, 3.8) is 0 Å². The maximum absolute atomic E-state index is 11.9. The SMILES string of the molecule is C=CC[C@@](C)(OC)[C@H](O)[C@@H](C)C1=C(C)C(=O)OC(C)(C)O1. The molecule has 5 heteroatoms. The number of carbonyl (C=O) groups is 1. The highest BCUT2D eigenvalue weighted by Gasteiger charge is 2.42. The number of hydrogen-bond acceptors (Lipinski definition) is 5. The minimum Gasteiger partial charge on any atom is -0.456 e. The average molecular weight is 298 g/mol. The highest BCUT2D eigenvalue weighted by Crippen LogP contribution is 2.36. The summed E-state index contributed by atoms with van der Waals surface area (Å²) in [5.41, 5.74) is -0.429. The topological polar surface area (TPSA) is 65.0 Å². The summed E-state index contributed by atoms with van der Waals surface area (Å²) in [4.78, 5) is 11.9. The quantitative estimate of drug-likeness (QED) is 0.603. The van der Waals surface area contributed by atoms with Crippen molar-refractivity contribution in [1.29, 1.82) is 0 Å². The number of aliphatic hydroxyl groups excluding tert-OH is 1. The van der Waals surface area contributed by atoms with Gasteiger partial charge in [0.1, 0.15) is 5.76 Å². The van der Waals surface area contributed by atoms with Crippen LogP contribution in [-0.4, -0.2) is 35.7 Å². The largest absolute Gasteiger partial charge is 0.456 e. The van der Waals surface area contributed by atoms with Crippen molar-refractivity contribution >= 4 is 5.97 Å². The van der Waals surface area contributed by atoms with Gasteiger partial charge in [-0.3, -0.25) is 0 Å². The lowest BCUT2D eigenvalue weighted by atomic mass is 9.84. The lowest BCUT2D eigenvalue weighted by Gasteiger charge is -2.40. The Labute approximate surface area is 126 Å². The molecule has 1 N–H and O–H groups in total. The zero-order chi connectivity index (χ0) is 16.4. The summed E-state index contributed by atoms with van der Waals surface area (Å²) in [5.74, 6) is -1.44. The first kappa shape index (κ1) is 17.7. The van der Waals surface area contributed by atoms with Crippen LogP contribution in [0, 0.1) is 5.92 Å². The van der Waals surface area contributed by atoms with Crippen LogP contribution in [0.15, 0.2) is 24.0 Å². The number of aliphatic hydroxyl groups is 1. The van der Waals surface area contributed by atoms with Gasteiger partial charge in [0.25, 0.3) is 0 Å². The Balaban J connectivity index is 3.11. The number of hydrogen-bond donors (Lipinski definition) is 1. The molecule has 0 aliphatic carbocycles. The van der Waals surface area contributed by atoms with Crippen LogP contribution in [0.1, 0.15) is 41.0 Å². The minimum atomic E-state index is -1.04. The van der Waals surface area contributed by atoms with Gasteiger partial charge in [-0.1, -0.05) is 13.0 Å². The van der Waals surface area contributed by atoms with Crippen LogP contribution in [-0.2, 0) is 19.0 Å². The summed E-state index contributed by atoms with van der Waals surface area (Å²) in [7, 11) is 1.54. The molecule has 0 radical (unpaired) electrons. The number of esters is 1.